The lowest BCUT2D eigenvalue weighted by atomic mass is 10.5. The maximum Gasteiger partial charge on any atom is 0.363 e. The number of rotatable bonds is 9. The molecule has 0 heterocycles. The van der Waals surface area contributed by atoms with E-state index in [0.29, 0.717) is 31.3 Å². The van der Waals surface area contributed by atoms with Gasteiger partial charge in [-0.1, -0.05) is 6.08 Å². The minimum atomic E-state index is -3.28. The minimum absolute atomic E-state index is 0.283. The molecule has 1 atom stereocenters. The van der Waals surface area contributed by atoms with Crippen molar-refractivity contribution in [3.05, 3.63) is 12.7 Å². The van der Waals surface area contributed by atoms with Gasteiger partial charge in [0.15, 0.2) is 0 Å². The molecule has 0 unspecified atom stereocenters. The highest BCUT2D eigenvalue weighted by atomic mass is 35.7. The molecule has 0 saturated carbocycles. The molecule has 0 N–H and O–H groups in total. The van der Waals surface area contributed by atoms with Crippen LogP contribution < -0.4 is 0 Å². The predicted octanol–water partition coefficient (Wildman–Crippen LogP) is 3.71. The van der Waals surface area contributed by atoms with Crippen molar-refractivity contribution in [2.75, 3.05) is 31.5 Å². The number of nitrogens with zero attached hydrogens (tertiary/aromatic N) is 1. The van der Waals surface area contributed by atoms with Crippen LogP contribution in [0.1, 0.15) is 6.42 Å². The maximum absolute atomic E-state index is 11.9. The van der Waals surface area contributed by atoms with Crippen LogP contribution in [0.3, 0.4) is 0 Å². The molecule has 0 saturated heterocycles. The van der Waals surface area contributed by atoms with Gasteiger partial charge in [0.25, 0.3) is 0 Å². The molecule has 0 aliphatic carbocycles. The molecular formula is C8H15Cl3NO2P. The molecule has 0 bridgehead atoms. The zero-order valence-electron chi connectivity index (χ0n) is 8.37. The van der Waals surface area contributed by atoms with Crippen LogP contribution in [-0.4, -0.2) is 36.1 Å². The van der Waals surface area contributed by atoms with Gasteiger partial charge in [0.1, 0.15) is 0 Å². The summed E-state index contributed by atoms with van der Waals surface area (Å²) in [5.41, 5.74) is 0. The fourth-order valence-electron chi connectivity index (χ4n) is 0.876. The van der Waals surface area contributed by atoms with Crippen LogP contribution in [0.2, 0.25) is 0 Å². The Labute approximate surface area is 106 Å². The van der Waals surface area contributed by atoms with Crippen molar-refractivity contribution < 1.29 is 9.09 Å². The largest absolute Gasteiger partial charge is 0.363 e. The number of hydrogen-bond acceptors (Lipinski definition) is 2. The van der Waals surface area contributed by atoms with Crippen molar-refractivity contribution >= 4 is 41.3 Å². The van der Waals surface area contributed by atoms with Gasteiger partial charge in [-0.3, -0.25) is 4.57 Å². The van der Waals surface area contributed by atoms with Crippen molar-refractivity contribution in [1.29, 1.82) is 0 Å². The van der Waals surface area contributed by atoms with Gasteiger partial charge >= 0.3 is 6.87 Å². The first-order valence-corrected chi connectivity index (χ1v) is 8.06. The maximum atomic E-state index is 11.9. The molecule has 0 radical (unpaired) electrons. The summed E-state index contributed by atoms with van der Waals surface area (Å²) in [4.78, 5) is 0. The summed E-state index contributed by atoms with van der Waals surface area (Å²) in [7, 11) is 0. The lowest BCUT2D eigenvalue weighted by molar-refractivity contribution is 0.284. The van der Waals surface area contributed by atoms with E-state index in [2.05, 4.69) is 6.58 Å². The molecule has 15 heavy (non-hydrogen) atoms. The van der Waals surface area contributed by atoms with Gasteiger partial charge in [-0.05, 0) is 17.7 Å². The average Bonchev–Trinajstić information content (AvgIpc) is 2.18. The van der Waals surface area contributed by atoms with Gasteiger partial charge in [0, 0.05) is 24.8 Å². The van der Waals surface area contributed by atoms with E-state index in [1.807, 2.05) is 0 Å². The third kappa shape index (κ3) is 6.83. The van der Waals surface area contributed by atoms with Crippen LogP contribution in [0.4, 0.5) is 0 Å². The van der Waals surface area contributed by atoms with Crippen molar-refractivity contribution in [2.45, 2.75) is 6.42 Å². The molecule has 90 valence electrons. The van der Waals surface area contributed by atoms with Crippen LogP contribution >= 0.6 is 41.3 Å². The molecule has 7 heteroatoms. The minimum Gasteiger partial charge on any atom is -0.306 e. The Morgan fingerprint density at radius 3 is 2.27 bits per heavy atom. The van der Waals surface area contributed by atoms with Gasteiger partial charge in [0.2, 0.25) is 0 Å². The molecule has 3 nitrogen and oxygen atoms in total. The van der Waals surface area contributed by atoms with Gasteiger partial charge in [-0.15, -0.1) is 29.8 Å². The van der Waals surface area contributed by atoms with Crippen molar-refractivity contribution in [3.8, 4) is 0 Å². The molecule has 0 aromatic carbocycles. The van der Waals surface area contributed by atoms with Crippen LogP contribution in [0, 0.1) is 0 Å². The van der Waals surface area contributed by atoms with E-state index in [1.54, 1.807) is 6.08 Å². The van der Waals surface area contributed by atoms with Crippen LogP contribution in [0.5, 0.6) is 0 Å². The number of hydrogen-bond donors (Lipinski definition) is 0. The topological polar surface area (TPSA) is 29.5 Å². The predicted molar refractivity (Wildman–Crippen MR) is 67.2 cm³/mol. The van der Waals surface area contributed by atoms with Gasteiger partial charge in [-0.2, -0.15) is 0 Å². The fourth-order valence-corrected chi connectivity index (χ4v) is 3.35. The normalized spacial score (nSPS) is 15.2. The Morgan fingerprint density at radius 2 is 1.87 bits per heavy atom. The van der Waals surface area contributed by atoms with E-state index in [0.717, 1.165) is 0 Å². The van der Waals surface area contributed by atoms with E-state index in [1.165, 1.54) is 4.67 Å². The first-order chi connectivity index (χ1) is 7.08. The van der Waals surface area contributed by atoms with Gasteiger partial charge < -0.3 is 4.52 Å². The second kappa shape index (κ2) is 8.86. The molecule has 0 aliphatic heterocycles. The lowest BCUT2D eigenvalue weighted by Crippen LogP contribution is -2.24. The summed E-state index contributed by atoms with van der Waals surface area (Å²) in [5, 5.41) is 0. The molecule has 0 fully saturated rings. The number of alkyl halides is 2. The Balaban J connectivity index is 4.21. The third-order valence-corrected chi connectivity index (χ3v) is 4.44. The molecular weight excluding hydrogens is 279 g/mol. The van der Waals surface area contributed by atoms with E-state index >= 15 is 0 Å². The summed E-state index contributed by atoms with van der Waals surface area (Å²) >= 11 is 16.9. The summed E-state index contributed by atoms with van der Waals surface area (Å²) in [6, 6.07) is 0. The Kier molecular flexibility index (Phi) is 9.31. The second-order valence-electron chi connectivity index (χ2n) is 2.69. The quantitative estimate of drug-likeness (QED) is 0.281. The molecule has 0 amide bonds. The highest BCUT2D eigenvalue weighted by Crippen LogP contribution is 2.55. The SMILES string of the molecule is C=CCCO[P@@](=O)(Cl)N(CCCl)CCCl. The Morgan fingerprint density at radius 1 is 1.33 bits per heavy atom. The van der Waals surface area contributed by atoms with Crippen molar-refractivity contribution in [3.63, 3.8) is 0 Å². The standard InChI is InChI=1S/C8H15Cl3NO2P/c1-2-3-8-14-15(11,13)12(6-4-9)7-5-10/h2H,1,3-8H2/t15-/m0/s1. The van der Waals surface area contributed by atoms with Crippen LogP contribution in [0.25, 0.3) is 0 Å². The van der Waals surface area contributed by atoms with E-state index in [-0.39, 0.29) is 6.61 Å². The summed E-state index contributed by atoms with van der Waals surface area (Å²) in [6.45, 7) is 1.32. The Hall–Kier alpha value is 0.760. The average molecular weight is 295 g/mol. The van der Waals surface area contributed by atoms with E-state index < -0.39 is 6.87 Å². The molecule has 0 rings (SSSR count). The first-order valence-electron chi connectivity index (χ1n) is 4.51. The van der Waals surface area contributed by atoms with Crippen molar-refractivity contribution in [2.24, 2.45) is 0 Å². The van der Waals surface area contributed by atoms with Crippen molar-refractivity contribution in [1.82, 2.24) is 4.67 Å². The highest BCUT2D eigenvalue weighted by Gasteiger charge is 2.28. The smallest absolute Gasteiger partial charge is 0.306 e. The second-order valence-corrected chi connectivity index (χ2v) is 6.46. The highest BCUT2D eigenvalue weighted by molar-refractivity contribution is 7.83. The summed E-state index contributed by atoms with van der Waals surface area (Å²) in [6.07, 6.45) is 2.27. The third-order valence-electron chi connectivity index (χ3n) is 1.60. The van der Waals surface area contributed by atoms with Crippen LogP contribution in [-0.2, 0) is 9.09 Å². The first kappa shape index (κ1) is 15.8. The fraction of sp³-hybridized carbons (Fsp3) is 0.750. The van der Waals surface area contributed by atoms with Gasteiger partial charge in [-0.25, -0.2) is 4.67 Å². The lowest BCUT2D eigenvalue weighted by Gasteiger charge is -2.24. The molecule has 0 spiro atoms. The zero-order chi connectivity index (χ0) is 11.7. The number of halogens is 3. The molecule has 0 aliphatic rings. The molecule has 0 aromatic rings. The van der Waals surface area contributed by atoms with E-state index in [4.69, 9.17) is 39.0 Å². The molecule has 0 aromatic heterocycles. The summed E-state index contributed by atoms with van der Waals surface area (Å²) < 4.78 is 18.5. The van der Waals surface area contributed by atoms with Gasteiger partial charge in [0.05, 0.1) is 6.61 Å². The van der Waals surface area contributed by atoms with Crippen LogP contribution in [0.15, 0.2) is 12.7 Å². The summed E-state index contributed by atoms with van der Waals surface area (Å²) in [5.74, 6) is 0.664. The Bertz CT molecular complexity index is 222. The zero-order valence-corrected chi connectivity index (χ0v) is 11.5. The monoisotopic (exact) mass is 293 g/mol. The van der Waals surface area contributed by atoms with E-state index in [9.17, 15) is 4.57 Å².